The Morgan fingerprint density at radius 2 is 1.63 bits per heavy atom. The minimum Gasteiger partial charge on any atom is -0.445 e. The van der Waals surface area contributed by atoms with Crippen molar-refractivity contribution in [2.24, 2.45) is 0 Å². The molecule has 1 aliphatic rings. The number of amides is 1. The summed E-state index contributed by atoms with van der Waals surface area (Å²) >= 11 is 0. The fourth-order valence-electron chi connectivity index (χ4n) is 2.84. The number of hydrogen-bond acceptors (Lipinski definition) is 5. The van der Waals surface area contributed by atoms with E-state index in [-0.39, 0.29) is 43.2 Å². The van der Waals surface area contributed by atoms with E-state index in [1.54, 1.807) is 12.1 Å². The molecule has 140 valence electrons. The summed E-state index contributed by atoms with van der Waals surface area (Å²) in [7, 11) is -3.78. The topological polar surface area (TPSA) is 90.7 Å². The van der Waals surface area contributed by atoms with Crippen LogP contribution >= 0.6 is 0 Å². The first-order valence-corrected chi connectivity index (χ1v) is 9.91. The van der Waals surface area contributed by atoms with Gasteiger partial charge >= 0.3 is 6.09 Å². The van der Waals surface area contributed by atoms with Crippen molar-refractivity contribution in [2.75, 3.05) is 26.2 Å². The third-order valence-electron chi connectivity index (χ3n) is 4.33. The molecule has 1 fully saturated rings. The Morgan fingerprint density at radius 1 is 1.00 bits per heavy atom. The van der Waals surface area contributed by atoms with Crippen LogP contribution in [0.15, 0.2) is 59.5 Å². The van der Waals surface area contributed by atoms with Gasteiger partial charge in [0.25, 0.3) is 0 Å². The third kappa shape index (κ3) is 4.27. The summed E-state index contributed by atoms with van der Waals surface area (Å²) in [5.74, 6) is 0. The fraction of sp³-hybridized carbons (Fsp3) is 0.263. The molecule has 0 N–H and O–H groups in total. The van der Waals surface area contributed by atoms with Crippen molar-refractivity contribution in [3.8, 4) is 6.07 Å². The summed E-state index contributed by atoms with van der Waals surface area (Å²) in [5, 5.41) is 9.15. The largest absolute Gasteiger partial charge is 0.445 e. The second-order valence-electron chi connectivity index (χ2n) is 6.04. The highest BCUT2D eigenvalue weighted by molar-refractivity contribution is 7.89. The van der Waals surface area contributed by atoms with Crippen LogP contribution in [0, 0.1) is 11.3 Å². The van der Waals surface area contributed by atoms with E-state index < -0.39 is 16.1 Å². The molecule has 0 atom stereocenters. The molecule has 2 aromatic rings. The standard InChI is InChI=1S/C19H19N3O4S/c20-14-17-8-4-5-9-18(17)27(24,25)22-12-10-21(11-13-22)19(23)26-15-16-6-2-1-3-7-16/h1-9H,10-13,15H2. The molecule has 1 heterocycles. The summed E-state index contributed by atoms with van der Waals surface area (Å²) in [5.41, 5.74) is 1.00. The van der Waals surface area contributed by atoms with E-state index in [1.807, 2.05) is 36.4 Å². The number of nitrogens with zero attached hydrogens (tertiary/aromatic N) is 3. The van der Waals surface area contributed by atoms with Crippen molar-refractivity contribution >= 4 is 16.1 Å². The molecule has 0 radical (unpaired) electrons. The van der Waals surface area contributed by atoms with Crippen LogP contribution in [-0.2, 0) is 21.4 Å². The summed E-state index contributed by atoms with van der Waals surface area (Å²) in [6.07, 6.45) is -0.465. The molecule has 1 saturated heterocycles. The first-order valence-electron chi connectivity index (χ1n) is 8.47. The zero-order valence-electron chi connectivity index (χ0n) is 14.6. The molecule has 1 aliphatic heterocycles. The summed E-state index contributed by atoms with van der Waals surface area (Å²) < 4.78 is 32.2. The van der Waals surface area contributed by atoms with Crippen molar-refractivity contribution in [3.05, 3.63) is 65.7 Å². The summed E-state index contributed by atoms with van der Waals surface area (Å²) in [4.78, 5) is 13.7. The Balaban J connectivity index is 1.60. The lowest BCUT2D eigenvalue weighted by molar-refractivity contribution is 0.0838. The van der Waals surface area contributed by atoms with Crippen LogP contribution < -0.4 is 0 Å². The van der Waals surface area contributed by atoms with Crippen LogP contribution in [0.4, 0.5) is 4.79 Å². The normalized spacial score (nSPS) is 15.1. The lowest BCUT2D eigenvalue weighted by atomic mass is 10.2. The molecular formula is C19H19N3O4S. The molecule has 0 saturated carbocycles. The number of ether oxygens (including phenoxy) is 1. The van der Waals surface area contributed by atoms with Gasteiger partial charge in [0.05, 0.1) is 10.5 Å². The maximum atomic E-state index is 12.8. The third-order valence-corrected chi connectivity index (χ3v) is 6.28. The van der Waals surface area contributed by atoms with Gasteiger partial charge in [-0.1, -0.05) is 42.5 Å². The van der Waals surface area contributed by atoms with E-state index in [2.05, 4.69) is 0 Å². The fourth-order valence-corrected chi connectivity index (χ4v) is 4.41. The number of sulfonamides is 1. The second-order valence-corrected chi connectivity index (χ2v) is 7.95. The smallest absolute Gasteiger partial charge is 0.410 e. The molecule has 0 bridgehead atoms. The molecule has 0 aliphatic carbocycles. The number of rotatable bonds is 4. The molecule has 2 aromatic carbocycles. The van der Waals surface area contributed by atoms with Gasteiger partial charge in [0.15, 0.2) is 0 Å². The Hall–Kier alpha value is -2.89. The highest BCUT2D eigenvalue weighted by Crippen LogP contribution is 2.21. The van der Waals surface area contributed by atoms with Crippen LogP contribution in [0.2, 0.25) is 0 Å². The zero-order valence-corrected chi connectivity index (χ0v) is 15.4. The average Bonchev–Trinajstić information content (AvgIpc) is 2.72. The molecule has 8 heteroatoms. The van der Waals surface area contributed by atoms with E-state index in [4.69, 9.17) is 10.00 Å². The highest BCUT2D eigenvalue weighted by atomic mass is 32.2. The van der Waals surface area contributed by atoms with E-state index >= 15 is 0 Å². The number of benzene rings is 2. The number of carbonyl (C=O) groups excluding carboxylic acids is 1. The van der Waals surface area contributed by atoms with Gasteiger partial charge in [-0.2, -0.15) is 9.57 Å². The van der Waals surface area contributed by atoms with Crippen molar-refractivity contribution < 1.29 is 17.9 Å². The first kappa shape index (κ1) is 18.9. The predicted octanol–water partition coefficient (Wildman–Crippen LogP) is 2.20. The first-order chi connectivity index (χ1) is 13.0. The molecule has 3 rings (SSSR count). The summed E-state index contributed by atoms with van der Waals surface area (Å²) in [6, 6.07) is 17.4. The molecule has 0 unspecified atom stereocenters. The van der Waals surface area contributed by atoms with Crippen LogP contribution in [0.3, 0.4) is 0 Å². The maximum absolute atomic E-state index is 12.8. The van der Waals surface area contributed by atoms with Gasteiger partial charge in [-0.3, -0.25) is 0 Å². The van der Waals surface area contributed by atoms with Crippen LogP contribution in [0.1, 0.15) is 11.1 Å². The number of hydrogen-bond donors (Lipinski definition) is 0. The van der Waals surface area contributed by atoms with Gasteiger partial charge in [-0.15, -0.1) is 0 Å². The van der Waals surface area contributed by atoms with Gasteiger partial charge in [0.1, 0.15) is 12.7 Å². The minimum atomic E-state index is -3.78. The van der Waals surface area contributed by atoms with E-state index in [0.29, 0.717) is 0 Å². The summed E-state index contributed by atoms with van der Waals surface area (Å²) in [6.45, 7) is 0.960. The van der Waals surface area contributed by atoms with Crippen LogP contribution in [0.25, 0.3) is 0 Å². The molecule has 27 heavy (non-hydrogen) atoms. The molecule has 0 spiro atoms. The Kier molecular flexibility index (Phi) is 5.74. The molecular weight excluding hydrogens is 366 g/mol. The molecule has 7 nitrogen and oxygen atoms in total. The Morgan fingerprint density at radius 3 is 2.30 bits per heavy atom. The van der Waals surface area contributed by atoms with Crippen molar-refractivity contribution in [1.82, 2.24) is 9.21 Å². The van der Waals surface area contributed by atoms with E-state index in [9.17, 15) is 13.2 Å². The van der Waals surface area contributed by atoms with Gasteiger partial charge in [-0.25, -0.2) is 13.2 Å². The van der Waals surface area contributed by atoms with E-state index in [1.165, 1.54) is 21.3 Å². The Labute approximate surface area is 158 Å². The minimum absolute atomic E-state index is 0.00685. The van der Waals surface area contributed by atoms with Gasteiger partial charge in [-0.05, 0) is 17.7 Å². The number of piperazine rings is 1. The van der Waals surface area contributed by atoms with E-state index in [0.717, 1.165) is 5.56 Å². The lowest BCUT2D eigenvalue weighted by Crippen LogP contribution is -2.50. The average molecular weight is 385 g/mol. The van der Waals surface area contributed by atoms with Gasteiger partial charge in [0.2, 0.25) is 10.0 Å². The van der Waals surface area contributed by atoms with Gasteiger partial charge in [0, 0.05) is 26.2 Å². The zero-order chi connectivity index (χ0) is 19.3. The second kappa shape index (κ2) is 8.20. The number of nitriles is 1. The predicted molar refractivity (Wildman–Crippen MR) is 98.1 cm³/mol. The lowest BCUT2D eigenvalue weighted by Gasteiger charge is -2.33. The highest BCUT2D eigenvalue weighted by Gasteiger charge is 2.32. The number of carbonyl (C=O) groups is 1. The quantitative estimate of drug-likeness (QED) is 0.805. The van der Waals surface area contributed by atoms with Crippen molar-refractivity contribution in [3.63, 3.8) is 0 Å². The van der Waals surface area contributed by atoms with Gasteiger partial charge < -0.3 is 9.64 Å². The Bertz CT molecular complexity index is 946. The SMILES string of the molecule is N#Cc1ccccc1S(=O)(=O)N1CCN(C(=O)OCc2ccccc2)CC1. The molecule has 0 aromatic heterocycles. The van der Waals surface area contributed by atoms with Crippen LogP contribution in [0.5, 0.6) is 0 Å². The monoisotopic (exact) mass is 385 g/mol. The van der Waals surface area contributed by atoms with Crippen LogP contribution in [-0.4, -0.2) is 49.9 Å². The molecule has 1 amide bonds. The van der Waals surface area contributed by atoms with Crippen molar-refractivity contribution in [1.29, 1.82) is 5.26 Å². The maximum Gasteiger partial charge on any atom is 0.410 e. The van der Waals surface area contributed by atoms with Crippen molar-refractivity contribution in [2.45, 2.75) is 11.5 Å².